The highest BCUT2D eigenvalue weighted by Crippen LogP contribution is 2.22. The van der Waals surface area contributed by atoms with Crippen molar-refractivity contribution in [2.24, 2.45) is 11.7 Å². The molecular weight excluding hydrogens is 350 g/mol. The van der Waals surface area contributed by atoms with Crippen molar-refractivity contribution in [3.05, 3.63) is 29.3 Å². The van der Waals surface area contributed by atoms with Gasteiger partial charge in [-0.2, -0.15) is 0 Å². The van der Waals surface area contributed by atoms with Gasteiger partial charge in [0, 0.05) is 24.2 Å². The van der Waals surface area contributed by atoms with Gasteiger partial charge >= 0.3 is 0 Å². The summed E-state index contributed by atoms with van der Waals surface area (Å²) < 4.78 is 28.3. The number of amides is 1. The Bertz CT molecular complexity index is 726. The molecule has 1 amide bonds. The molecule has 1 saturated carbocycles. The summed E-state index contributed by atoms with van der Waals surface area (Å²) in [5, 5.41) is 2.91. The van der Waals surface area contributed by atoms with Gasteiger partial charge in [-0.3, -0.25) is 4.79 Å². The van der Waals surface area contributed by atoms with E-state index in [4.69, 9.17) is 5.73 Å². The molecule has 1 unspecified atom stereocenters. The van der Waals surface area contributed by atoms with Crippen LogP contribution >= 0.6 is 0 Å². The first-order valence-corrected chi connectivity index (χ1v) is 10.8. The Labute approximate surface area is 157 Å². The Hall–Kier alpha value is -1.44. The van der Waals surface area contributed by atoms with Crippen LogP contribution in [0.1, 0.15) is 61.9 Å². The molecule has 1 aliphatic rings. The lowest BCUT2D eigenvalue weighted by Crippen LogP contribution is -2.41. The molecule has 0 aliphatic heterocycles. The molecule has 0 bridgehead atoms. The first kappa shape index (κ1) is 20.9. The van der Waals surface area contributed by atoms with Crippen LogP contribution in [0.5, 0.6) is 0 Å². The van der Waals surface area contributed by atoms with E-state index < -0.39 is 10.0 Å². The van der Waals surface area contributed by atoms with Crippen LogP contribution in [0.4, 0.5) is 0 Å². The lowest BCUT2D eigenvalue weighted by Gasteiger charge is -2.19. The van der Waals surface area contributed by atoms with E-state index in [-0.39, 0.29) is 22.9 Å². The SMILES string of the molecule is Cc1ccc(C(=O)NC(CN)CC(C)C)cc1S(=O)(=O)NC1CCCC1. The van der Waals surface area contributed by atoms with Crippen LogP contribution in [0, 0.1) is 12.8 Å². The van der Waals surface area contributed by atoms with Gasteiger partial charge in [-0.1, -0.05) is 32.8 Å². The fraction of sp³-hybridized carbons (Fsp3) is 0.632. The third-order valence-electron chi connectivity index (χ3n) is 4.79. The molecule has 1 aromatic rings. The van der Waals surface area contributed by atoms with E-state index in [2.05, 4.69) is 23.9 Å². The summed E-state index contributed by atoms with van der Waals surface area (Å²) in [6, 6.07) is 4.66. The van der Waals surface area contributed by atoms with Crippen molar-refractivity contribution in [3.8, 4) is 0 Å². The maximum Gasteiger partial charge on any atom is 0.251 e. The Kier molecular flexibility index (Phi) is 7.20. The summed E-state index contributed by atoms with van der Waals surface area (Å²) in [4.78, 5) is 12.7. The number of carbonyl (C=O) groups is 1. The van der Waals surface area contributed by atoms with E-state index in [0.29, 0.717) is 23.6 Å². The Morgan fingerprint density at radius 2 is 1.92 bits per heavy atom. The van der Waals surface area contributed by atoms with Crippen molar-refractivity contribution in [1.82, 2.24) is 10.0 Å². The van der Waals surface area contributed by atoms with Crippen LogP contribution in [0.3, 0.4) is 0 Å². The number of hydrogen-bond donors (Lipinski definition) is 3. The smallest absolute Gasteiger partial charge is 0.251 e. The van der Waals surface area contributed by atoms with E-state index in [1.54, 1.807) is 19.1 Å². The van der Waals surface area contributed by atoms with Crippen LogP contribution in [0.25, 0.3) is 0 Å². The molecule has 1 fully saturated rings. The van der Waals surface area contributed by atoms with Gasteiger partial charge < -0.3 is 11.1 Å². The fourth-order valence-electron chi connectivity index (χ4n) is 3.41. The van der Waals surface area contributed by atoms with Gasteiger partial charge in [-0.15, -0.1) is 0 Å². The number of benzene rings is 1. The van der Waals surface area contributed by atoms with Gasteiger partial charge in [0.05, 0.1) is 4.90 Å². The minimum absolute atomic E-state index is 0.00968. The molecule has 0 aromatic heterocycles. The zero-order valence-corrected chi connectivity index (χ0v) is 16.7. The number of aryl methyl sites for hydroxylation is 1. The number of nitrogens with one attached hydrogen (secondary N) is 2. The molecule has 1 aliphatic carbocycles. The number of sulfonamides is 1. The zero-order chi connectivity index (χ0) is 19.3. The maximum atomic E-state index is 12.7. The molecule has 4 N–H and O–H groups in total. The summed E-state index contributed by atoms with van der Waals surface area (Å²) in [5.41, 5.74) is 6.71. The normalized spacial score (nSPS) is 16.8. The highest BCUT2D eigenvalue weighted by Gasteiger charge is 2.25. The molecule has 6 nitrogen and oxygen atoms in total. The van der Waals surface area contributed by atoms with Crippen molar-refractivity contribution in [1.29, 1.82) is 0 Å². The summed E-state index contributed by atoms with van der Waals surface area (Å²) in [7, 11) is -3.64. The third-order valence-corrected chi connectivity index (χ3v) is 6.45. The van der Waals surface area contributed by atoms with E-state index >= 15 is 0 Å². The number of rotatable bonds is 8. The molecule has 0 radical (unpaired) electrons. The molecular formula is C19H31N3O3S. The van der Waals surface area contributed by atoms with Crippen LogP contribution in [-0.4, -0.2) is 33.0 Å². The van der Waals surface area contributed by atoms with Crippen LogP contribution in [0.15, 0.2) is 23.1 Å². The number of nitrogens with two attached hydrogens (primary N) is 1. The average molecular weight is 382 g/mol. The third kappa shape index (κ3) is 5.53. The maximum absolute atomic E-state index is 12.7. The average Bonchev–Trinajstić information content (AvgIpc) is 3.06. The Morgan fingerprint density at radius 1 is 1.27 bits per heavy atom. The second kappa shape index (κ2) is 8.97. The monoisotopic (exact) mass is 381 g/mol. The van der Waals surface area contributed by atoms with Crippen molar-refractivity contribution in [2.45, 2.75) is 69.9 Å². The van der Waals surface area contributed by atoms with E-state index in [0.717, 1.165) is 32.1 Å². The van der Waals surface area contributed by atoms with Gasteiger partial charge in [0.1, 0.15) is 0 Å². The lowest BCUT2D eigenvalue weighted by molar-refractivity contribution is 0.0933. The minimum atomic E-state index is -3.64. The van der Waals surface area contributed by atoms with Crippen molar-refractivity contribution < 1.29 is 13.2 Å². The molecule has 1 aromatic carbocycles. The molecule has 2 rings (SSSR count). The topological polar surface area (TPSA) is 101 Å². The zero-order valence-electron chi connectivity index (χ0n) is 15.9. The van der Waals surface area contributed by atoms with Crippen LogP contribution in [-0.2, 0) is 10.0 Å². The van der Waals surface area contributed by atoms with Gasteiger partial charge in [0.25, 0.3) is 5.91 Å². The van der Waals surface area contributed by atoms with Crippen LogP contribution in [0.2, 0.25) is 0 Å². The Morgan fingerprint density at radius 3 is 2.50 bits per heavy atom. The standard InChI is InChI=1S/C19H31N3O3S/c1-13(2)10-17(12-20)21-19(23)15-9-8-14(3)18(11-15)26(24,25)22-16-6-4-5-7-16/h8-9,11,13,16-17,22H,4-7,10,12,20H2,1-3H3,(H,21,23). The molecule has 146 valence electrons. The fourth-order valence-corrected chi connectivity index (χ4v) is 4.98. The molecule has 0 spiro atoms. The number of hydrogen-bond acceptors (Lipinski definition) is 4. The van der Waals surface area contributed by atoms with Crippen LogP contribution < -0.4 is 15.8 Å². The second-order valence-electron chi connectivity index (χ2n) is 7.62. The predicted octanol–water partition coefficient (Wildman–Crippen LogP) is 2.32. The molecule has 0 heterocycles. The van der Waals surface area contributed by atoms with Crippen molar-refractivity contribution >= 4 is 15.9 Å². The molecule has 1 atom stereocenters. The molecule has 0 saturated heterocycles. The first-order chi connectivity index (χ1) is 12.2. The van der Waals surface area contributed by atoms with Gasteiger partial charge in [-0.05, 0) is 49.8 Å². The highest BCUT2D eigenvalue weighted by molar-refractivity contribution is 7.89. The second-order valence-corrected chi connectivity index (χ2v) is 9.30. The predicted molar refractivity (Wildman–Crippen MR) is 104 cm³/mol. The quantitative estimate of drug-likeness (QED) is 0.643. The van der Waals surface area contributed by atoms with E-state index in [1.807, 2.05) is 0 Å². The Balaban J connectivity index is 2.18. The van der Waals surface area contributed by atoms with Gasteiger partial charge in [0.2, 0.25) is 10.0 Å². The summed E-state index contributed by atoms with van der Waals surface area (Å²) in [6.07, 6.45) is 4.61. The van der Waals surface area contributed by atoms with E-state index in [9.17, 15) is 13.2 Å². The summed E-state index contributed by atoms with van der Waals surface area (Å²) in [6.45, 7) is 6.23. The molecule has 7 heteroatoms. The van der Waals surface area contributed by atoms with E-state index in [1.165, 1.54) is 6.07 Å². The summed E-state index contributed by atoms with van der Waals surface area (Å²) >= 11 is 0. The number of carbonyl (C=O) groups excluding carboxylic acids is 1. The van der Waals surface area contributed by atoms with Gasteiger partial charge in [-0.25, -0.2) is 13.1 Å². The first-order valence-electron chi connectivity index (χ1n) is 9.37. The minimum Gasteiger partial charge on any atom is -0.348 e. The van der Waals surface area contributed by atoms with Crippen molar-refractivity contribution in [2.75, 3.05) is 6.54 Å². The summed E-state index contributed by atoms with van der Waals surface area (Å²) in [5.74, 6) is 0.117. The largest absolute Gasteiger partial charge is 0.348 e. The highest BCUT2D eigenvalue weighted by atomic mass is 32.2. The molecule has 26 heavy (non-hydrogen) atoms. The van der Waals surface area contributed by atoms with Crippen molar-refractivity contribution in [3.63, 3.8) is 0 Å². The lowest BCUT2D eigenvalue weighted by atomic mass is 10.0. The van der Waals surface area contributed by atoms with Gasteiger partial charge in [0.15, 0.2) is 0 Å².